The van der Waals surface area contributed by atoms with Crippen LogP contribution in [0.1, 0.15) is 26.3 Å². The highest BCUT2D eigenvalue weighted by atomic mass is 32.2. The molecule has 0 fully saturated rings. The number of thioether (sulfide) groups is 1. The summed E-state index contributed by atoms with van der Waals surface area (Å²) in [5.74, 6) is 0.789. The van der Waals surface area contributed by atoms with Crippen LogP contribution in [0.5, 0.6) is 0 Å². The van der Waals surface area contributed by atoms with Crippen LogP contribution in [0.3, 0.4) is 0 Å². The van der Waals surface area contributed by atoms with Crippen molar-refractivity contribution in [3.05, 3.63) is 60.4 Å². The van der Waals surface area contributed by atoms with Crippen molar-refractivity contribution in [2.24, 2.45) is 5.41 Å². The minimum Gasteiger partial charge on any atom is -0.512 e. The predicted molar refractivity (Wildman–Crippen MR) is 86.8 cm³/mol. The molecular weight excluding hydrogens is 252 g/mol. The summed E-state index contributed by atoms with van der Waals surface area (Å²) in [7, 11) is 0. The monoisotopic (exact) mass is 276 g/mol. The van der Waals surface area contributed by atoms with Gasteiger partial charge in [-0.2, -0.15) is 0 Å². The number of rotatable bonds is 6. The highest BCUT2D eigenvalue weighted by Gasteiger charge is 2.24. The molecule has 1 aromatic carbocycles. The Morgan fingerprint density at radius 2 is 1.79 bits per heavy atom. The molecule has 0 amide bonds. The molecule has 1 rings (SSSR count). The minimum absolute atomic E-state index is 0.0727. The average Bonchev–Trinajstić information content (AvgIpc) is 2.33. The van der Waals surface area contributed by atoms with E-state index in [4.69, 9.17) is 0 Å². The molecule has 0 aliphatic rings. The maximum absolute atomic E-state index is 9.31. The van der Waals surface area contributed by atoms with E-state index in [2.05, 4.69) is 58.2 Å². The molecule has 0 saturated carbocycles. The Bertz CT molecular complexity index is 428. The first kappa shape index (κ1) is 15.9. The molecule has 0 heterocycles. The van der Waals surface area contributed by atoms with Crippen molar-refractivity contribution in [2.45, 2.75) is 32.4 Å². The highest BCUT2D eigenvalue weighted by molar-refractivity contribution is 8.00. The Morgan fingerprint density at radius 1 is 1.21 bits per heavy atom. The van der Waals surface area contributed by atoms with Gasteiger partial charge in [-0.1, -0.05) is 69.8 Å². The summed E-state index contributed by atoms with van der Waals surface area (Å²) in [6.45, 7) is 14.4. The Morgan fingerprint density at radius 3 is 2.26 bits per heavy atom. The van der Waals surface area contributed by atoms with Crippen LogP contribution < -0.4 is 0 Å². The van der Waals surface area contributed by atoms with Gasteiger partial charge in [-0.05, 0) is 17.4 Å². The summed E-state index contributed by atoms with van der Waals surface area (Å²) in [6.07, 6.45) is 0.939. The zero-order valence-electron chi connectivity index (χ0n) is 12.1. The van der Waals surface area contributed by atoms with E-state index in [1.165, 1.54) is 11.1 Å². The summed E-state index contributed by atoms with van der Waals surface area (Å²) >= 11 is 1.71. The highest BCUT2D eigenvalue weighted by Crippen LogP contribution is 2.34. The van der Waals surface area contributed by atoms with Crippen LogP contribution in [-0.4, -0.2) is 16.1 Å². The molecule has 1 N–H and O–H groups in total. The van der Waals surface area contributed by atoms with Crippen LogP contribution in [0, 0.1) is 5.41 Å². The van der Waals surface area contributed by atoms with Crippen molar-refractivity contribution in [1.82, 2.24) is 0 Å². The van der Waals surface area contributed by atoms with Crippen LogP contribution in [0.15, 0.2) is 54.8 Å². The number of hydrogen-bond acceptors (Lipinski definition) is 2. The van der Waals surface area contributed by atoms with E-state index < -0.39 is 0 Å². The molecule has 2 heteroatoms. The largest absolute Gasteiger partial charge is 0.512 e. The average molecular weight is 276 g/mol. The molecule has 19 heavy (non-hydrogen) atoms. The predicted octanol–water partition coefficient (Wildman–Crippen LogP) is 5.00. The van der Waals surface area contributed by atoms with Gasteiger partial charge >= 0.3 is 0 Å². The fraction of sp³-hybridized carbons (Fsp3) is 0.412. The summed E-state index contributed by atoms with van der Waals surface area (Å²) in [5, 5.41) is 9.60. The molecule has 1 aromatic rings. The topological polar surface area (TPSA) is 20.2 Å². The number of hydrogen-bond donors (Lipinski definition) is 1. The van der Waals surface area contributed by atoms with Crippen molar-refractivity contribution < 1.29 is 5.11 Å². The first-order valence-corrected chi connectivity index (χ1v) is 7.57. The smallest absolute Gasteiger partial charge is 0.0950 e. The van der Waals surface area contributed by atoms with Crippen molar-refractivity contribution >= 4 is 11.8 Å². The van der Waals surface area contributed by atoms with Gasteiger partial charge in [-0.15, -0.1) is 11.8 Å². The third kappa shape index (κ3) is 5.56. The van der Waals surface area contributed by atoms with E-state index in [1.807, 2.05) is 6.07 Å². The molecule has 0 aliphatic carbocycles. The van der Waals surface area contributed by atoms with Gasteiger partial charge in [0.15, 0.2) is 0 Å². The van der Waals surface area contributed by atoms with Gasteiger partial charge < -0.3 is 5.11 Å². The molecule has 0 aromatic heterocycles. The fourth-order valence-electron chi connectivity index (χ4n) is 1.79. The first-order valence-electron chi connectivity index (χ1n) is 6.52. The van der Waals surface area contributed by atoms with Gasteiger partial charge in [0.05, 0.1) is 11.5 Å². The first-order chi connectivity index (χ1) is 8.80. The quantitative estimate of drug-likeness (QED) is 0.582. The van der Waals surface area contributed by atoms with Gasteiger partial charge in [0.1, 0.15) is 0 Å². The van der Waals surface area contributed by atoms with Crippen LogP contribution in [0.25, 0.3) is 0 Å². The maximum Gasteiger partial charge on any atom is 0.0950 e. The molecule has 0 aliphatic heterocycles. The normalized spacial score (nSPS) is 13.0. The van der Waals surface area contributed by atoms with Crippen LogP contribution in [0.2, 0.25) is 0 Å². The summed E-state index contributed by atoms with van der Waals surface area (Å²) in [4.78, 5) is 0. The van der Waals surface area contributed by atoms with Gasteiger partial charge in [0, 0.05) is 5.25 Å². The second-order valence-electron chi connectivity index (χ2n) is 5.83. The van der Waals surface area contributed by atoms with Crippen LogP contribution in [0.4, 0.5) is 0 Å². The summed E-state index contributed by atoms with van der Waals surface area (Å²) in [5.41, 5.74) is 2.58. The third-order valence-corrected chi connectivity index (χ3v) is 4.42. The summed E-state index contributed by atoms with van der Waals surface area (Å²) < 4.78 is 0. The Hall–Kier alpha value is -1.15. The second kappa shape index (κ2) is 6.85. The fourth-order valence-corrected chi connectivity index (χ4v) is 3.05. The third-order valence-electron chi connectivity index (χ3n) is 3.07. The standard InChI is InChI=1S/C17H24OS/c1-13(18)12-19-16(14(2)17(3,4)5)11-15-9-7-6-8-10-15/h6-10,16,18H,1-2,11-12H2,3-5H3. The molecule has 0 bridgehead atoms. The number of aliphatic hydroxyl groups excluding tert-OH is 1. The van der Waals surface area contributed by atoms with Crippen molar-refractivity contribution in [3.8, 4) is 0 Å². The molecule has 0 spiro atoms. The molecular formula is C17H24OS. The van der Waals surface area contributed by atoms with Crippen LogP contribution >= 0.6 is 11.8 Å². The molecule has 104 valence electrons. The van der Waals surface area contributed by atoms with Gasteiger partial charge in [-0.3, -0.25) is 0 Å². The molecule has 0 saturated heterocycles. The minimum atomic E-state index is 0.0727. The Balaban J connectivity index is 2.80. The van der Waals surface area contributed by atoms with Gasteiger partial charge in [0.2, 0.25) is 0 Å². The van der Waals surface area contributed by atoms with Crippen molar-refractivity contribution in [2.75, 3.05) is 5.75 Å². The number of benzene rings is 1. The Kier molecular flexibility index (Phi) is 5.74. The van der Waals surface area contributed by atoms with E-state index in [9.17, 15) is 5.11 Å². The lowest BCUT2D eigenvalue weighted by atomic mass is 9.84. The lowest BCUT2D eigenvalue weighted by Crippen LogP contribution is -2.21. The van der Waals surface area contributed by atoms with Crippen molar-refractivity contribution in [1.29, 1.82) is 0 Å². The molecule has 1 nitrogen and oxygen atoms in total. The second-order valence-corrected chi connectivity index (χ2v) is 7.02. The lowest BCUT2D eigenvalue weighted by molar-refractivity contribution is 0.420. The van der Waals surface area contributed by atoms with Gasteiger partial charge in [0.25, 0.3) is 0 Å². The lowest BCUT2D eigenvalue weighted by Gasteiger charge is -2.29. The Labute approximate surface area is 121 Å². The van der Waals surface area contributed by atoms with Crippen molar-refractivity contribution in [3.63, 3.8) is 0 Å². The maximum atomic E-state index is 9.31. The SMILES string of the molecule is C=C(O)CSC(Cc1ccccc1)C(=C)C(C)(C)C. The molecule has 1 unspecified atom stereocenters. The van der Waals surface area contributed by atoms with Crippen LogP contribution in [-0.2, 0) is 6.42 Å². The van der Waals surface area contributed by atoms with E-state index >= 15 is 0 Å². The number of aliphatic hydroxyl groups is 1. The summed E-state index contributed by atoms with van der Waals surface area (Å²) in [6, 6.07) is 10.4. The molecule has 0 radical (unpaired) electrons. The molecule has 1 atom stereocenters. The zero-order valence-corrected chi connectivity index (χ0v) is 13.0. The van der Waals surface area contributed by atoms with E-state index in [0.29, 0.717) is 11.0 Å². The van der Waals surface area contributed by atoms with E-state index in [1.54, 1.807) is 11.8 Å². The van der Waals surface area contributed by atoms with Gasteiger partial charge in [-0.25, -0.2) is 0 Å². The van der Waals surface area contributed by atoms with E-state index in [0.717, 1.165) is 6.42 Å². The zero-order chi connectivity index (χ0) is 14.5. The van der Waals surface area contributed by atoms with E-state index in [-0.39, 0.29) is 11.2 Å².